The van der Waals surface area contributed by atoms with Crippen LogP contribution >= 0.6 is 0 Å². The second-order valence-electron chi connectivity index (χ2n) is 4.45. The zero-order valence-electron chi connectivity index (χ0n) is 11.0. The van der Waals surface area contributed by atoms with Crippen LogP contribution in [0.25, 0.3) is 0 Å². The zero-order chi connectivity index (χ0) is 13.7. The van der Waals surface area contributed by atoms with Crippen LogP contribution in [0, 0.1) is 6.92 Å². The minimum Gasteiger partial charge on any atom is -0.472 e. The number of aryl methyl sites for hydroxylation is 1. The molecule has 1 aromatic carbocycles. The van der Waals surface area contributed by atoms with Crippen LogP contribution in [0.1, 0.15) is 22.3 Å². The Morgan fingerprint density at radius 2 is 2.21 bits per heavy atom. The van der Waals surface area contributed by atoms with Crippen molar-refractivity contribution < 1.29 is 9.21 Å². The van der Waals surface area contributed by atoms with E-state index in [1.54, 1.807) is 11.0 Å². The van der Waals surface area contributed by atoms with Gasteiger partial charge in [-0.05, 0) is 43.7 Å². The average molecular weight is 258 g/mol. The maximum atomic E-state index is 12.4. The van der Waals surface area contributed by atoms with Crippen LogP contribution in [0.5, 0.6) is 0 Å². The van der Waals surface area contributed by atoms with Crippen molar-refractivity contribution in [3.05, 3.63) is 54.0 Å². The van der Waals surface area contributed by atoms with Gasteiger partial charge in [0.1, 0.15) is 6.26 Å². The van der Waals surface area contributed by atoms with Gasteiger partial charge in [0.15, 0.2) is 0 Å². The number of hydrogen-bond donors (Lipinski definition) is 1. The van der Waals surface area contributed by atoms with Gasteiger partial charge in [-0.3, -0.25) is 4.79 Å². The maximum absolute atomic E-state index is 12.4. The average Bonchev–Trinajstić information content (AvgIpc) is 2.93. The van der Waals surface area contributed by atoms with Gasteiger partial charge in [0.2, 0.25) is 0 Å². The fourth-order valence-corrected chi connectivity index (χ4v) is 1.94. The smallest absolute Gasteiger partial charge is 0.261 e. The van der Waals surface area contributed by atoms with E-state index in [1.165, 1.54) is 12.5 Å². The first-order chi connectivity index (χ1) is 9.22. The predicted octanol–water partition coefficient (Wildman–Crippen LogP) is 2.58. The molecule has 0 saturated heterocycles. The Bertz CT molecular complexity index is 535. The molecule has 0 radical (unpaired) electrons. The molecule has 0 aliphatic heterocycles. The van der Waals surface area contributed by atoms with Crippen LogP contribution in [-0.4, -0.2) is 19.0 Å². The summed E-state index contributed by atoms with van der Waals surface area (Å²) in [6.07, 6.45) is 3.73. The third-order valence-electron chi connectivity index (χ3n) is 2.91. The van der Waals surface area contributed by atoms with Gasteiger partial charge >= 0.3 is 0 Å². The zero-order valence-corrected chi connectivity index (χ0v) is 11.0. The van der Waals surface area contributed by atoms with Crippen molar-refractivity contribution in [2.75, 3.05) is 18.0 Å². The molecule has 1 heterocycles. The van der Waals surface area contributed by atoms with Gasteiger partial charge in [-0.15, -0.1) is 0 Å². The molecule has 0 atom stereocenters. The van der Waals surface area contributed by atoms with Gasteiger partial charge in [-0.2, -0.15) is 0 Å². The third-order valence-corrected chi connectivity index (χ3v) is 2.91. The molecule has 0 saturated carbocycles. The molecule has 2 aromatic rings. The minimum absolute atomic E-state index is 0.0622. The molecule has 0 fully saturated rings. The van der Waals surface area contributed by atoms with Crippen molar-refractivity contribution >= 4 is 11.6 Å². The molecule has 100 valence electrons. The number of nitrogens with zero attached hydrogens (tertiary/aromatic N) is 1. The Balaban J connectivity index is 2.28. The maximum Gasteiger partial charge on any atom is 0.261 e. The lowest BCUT2D eigenvalue weighted by Crippen LogP contribution is -2.32. The van der Waals surface area contributed by atoms with Crippen molar-refractivity contribution in [1.29, 1.82) is 0 Å². The number of carbonyl (C=O) groups excluding carboxylic acids is 1. The molecule has 0 aliphatic rings. The van der Waals surface area contributed by atoms with Gasteiger partial charge < -0.3 is 15.1 Å². The van der Waals surface area contributed by atoms with Crippen molar-refractivity contribution in [1.82, 2.24) is 0 Å². The molecule has 0 aliphatic carbocycles. The number of benzene rings is 1. The normalized spacial score (nSPS) is 10.4. The monoisotopic (exact) mass is 258 g/mol. The predicted molar refractivity (Wildman–Crippen MR) is 75.2 cm³/mol. The van der Waals surface area contributed by atoms with E-state index in [0.717, 1.165) is 17.7 Å². The Morgan fingerprint density at radius 3 is 2.84 bits per heavy atom. The van der Waals surface area contributed by atoms with Gasteiger partial charge in [0, 0.05) is 12.2 Å². The van der Waals surface area contributed by atoms with E-state index in [1.807, 2.05) is 31.2 Å². The van der Waals surface area contributed by atoms with Crippen LogP contribution in [-0.2, 0) is 0 Å². The van der Waals surface area contributed by atoms with E-state index in [9.17, 15) is 4.79 Å². The fourth-order valence-electron chi connectivity index (χ4n) is 1.94. The van der Waals surface area contributed by atoms with E-state index >= 15 is 0 Å². The second-order valence-corrected chi connectivity index (χ2v) is 4.45. The summed E-state index contributed by atoms with van der Waals surface area (Å²) < 4.78 is 4.98. The van der Waals surface area contributed by atoms with Gasteiger partial charge in [0.25, 0.3) is 5.91 Å². The second kappa shape index (κ2) is 6.20. The Hall–Kier alpha value is -2.07. The molecule has 4 nitrogen and oxygen atoms in total. The lowest BCUT2D eigenvalue weighted by Gasteiger charge is -2.22. The third kappa shape index (κ3) is 3.23. The van der Waals surface area contributed by atoms with Gasteiger partial charge in [-0.1, -0.05) is 12.1 Å². The van der Waals surface area contributed by atoms with Crippen LogP contribution < -0.4 is 10.6 Å². The molecule has 0 unspecified atom stereocenters. The van der Waals surface area contributed by atoms with E-state index in [2.05, 4.69) is 0 Å². The highest BCUT2D eigenvalue weighted by molar-refractivity contribution is 6.05. The molecular weight excluding hydrogens is 240 g/mol. The summed E-state index contributed by atoms with van der Waals surface area (Å²) in [5.74, 6) is -0.0622. The number of anilines is 1. The Morgan fingerprint density at radius 1 is 1.37 bits per heavy atom. The van der Waals surface area contributed by atoms with Crippen molar-refractivity contribution in [3.63, 3.8) is 0 Å². The number of furan rings is 1. The molecule has 0 bridgehead atoms. The van der Waals surface area contributed by atoms with Crippen molar-refractivity contribution in [2.24, 2.45) is 5.73 Å². The quantitative estimate of drug-likeness (QED) is 0.896. The Kier molecular flexibility index (Phi) is 4.36. The molecule has 1 aromatic heterocycles. The summed E-state index contributed by atoms with van der Waals surface area (Å²) in [6.45, 7) is 3.16. The number of amides is 1. The van der Waals surface area contributed by atoms with Crippen LogP contribution in [0.15, 0.2) is 47.3 Å². The van der Waals surface area contributed by atoms with E-state index in [-0.39, 0.29) is 5.91 Å². The van der Waals surface area contributed by atoms with Crippen molar-refractivity contribution in [3.8, 4) is 0 Å². The lowest BCUT2D eigenvalue weighted by molar-refractivity contribution is 0.0986. The standard InChI is InChI=1S/C15H18N2O2/c1-12-4-2-5-14(10-12)17(8-3-7-16)15(18)13-6-9-19-11-13/h2,4-6,9-11H,3,7-8,16H2,1H3. The molecule has 2 N–H and O–H groups in total. The topological polar surface area (TPSA) is 59.5 Å². The number of carbonyl (C=O) groups is 1. The number of rotatable bonds is 5. The summed E-state index contributed by atoms with van der Waals surface area (Å²) in [5, 5.41) is 0. The molecular formula is C15H18N2O2. The highest BCUT2D eigenvalue weighted by atomic mass is 16.3. The van der Waals surface area contributed by atoms with Gasteiger partial charge in [0.05, 0.1) is 11.8 Å². The molecule has 1 amide bonds. The highest BCUT2D eigenvalue weighted by Crippen LogP contribution is 2.19. The van der Waals surface area contributed by atoms with E-state index < -0.39 is 0 Å². The van der Waals surface area contributed by atoms with E-state index in [4.69, 9.17) is 10.2 Å². The van der Waals surface area contributed by atoms with Crippen LogP contribution in [0.4, 0.5) is 5.69 Å². The first kappa shape index (κ1) is 13.4. The SMILES string of the molecule is Cc1cccc(N(CCCN)C(=O)c2ccoc2)c1. The fraction of sp³-hybridized carbons (Fsp3) is 0.267. The molecule has 0 spiro atoms. The summed E-state index contributed by atoms with van der Waals surface area (Å²) in [5.41, 5.74) is 8.11. The van der Waals surface area contributed by atoms with E-state index in [0.29, 0.717) is 18.7 Å². The molecule has 19 heavy (non-hydrogen) atoms. The highest BCUT2D eigenvalue weighted by Gasteiger charge is 2.18. The van der Waals surface area contributed by atoms with Crippen LogP contribution in [0.2, 0.25) is 0 Å². The van der Waals surface area contributed by atoms with Crippen molar-refractivity contribution in [2.45, 2.75) is 13.3 Å². The Labute approximate surface area is 112 Å². The minimum atomic E-state index is -0.0622. The summed E-state index contributed by atoms with van der Waals surface area (Å²) >= 11 is 0. The first-order valence-corrected chi connectivity index (χ1v) is 6.33. The lowest BCUT2D eigenvalue weighted by atomic mass is 10.2. The summed E-state index contributed by atoms with van der Waals surface area (Å²) in [7, 11) is 0. The number of hydrogen-bond acceptors (Lipinski definition) is 3. The largest absolute Gasteiger partial charge is 0.472 e. The number of nitrogens with two attached hydrogens (primary N) is 1. The van der Waals surface area contributed by atoms with Crippen LogP contribution in [0.3, 0.4) is 0 Å². The first-order valence-electron chi connectivity index (χ1n) is 6.33. The molecule has 4 heteroatoms. The summed E-state index contributed by atoms with van der Waals surface area (Å²) in [6, 6.07) is 9.55. The molecule has 2 rings (SSSR count). The summed E-state index contributed by atoms with van der Waals surface area (Å²) in [4.78, 5) is 14.2. The van der Waals surface area contributed by atoms with Gasteiger partial charge in [-0.25, -0.2) is 0 Å².